The van der Waals surface area contributed by atoms with E-state index in [1.807, 2.05) is 0 Å². The summed E-state index contributed by atoms with van der Waals surface area (Å²) in [4.78, 5) is 0. The molecule has 17 heavy (non-hydrogen) atoms. The molecule has 0 aliphatic heterocycles. The monoisotopic (exact) mass is 275 g/mol. The number of aliphatic hydroxyl groups is 1. The van der Waals surface area contributed by atoms with Gasteiger partial charge in [-0.2, -0.15) is 0 Å². The van der Waals surface area contributed by atoms with Crippen molar-refractivity contribution in [3.8, 4) is 0 Å². The fraction of sp³-hybridized carbons (Fsp3) is 0.538. The van der Waals surface area contributed by atoms with E-state index < -0.39 is 6.10 Å². The average molecular weight is 276 g/mol. The van der Waals surface area contributed by atoms with Gasteiger partial charge >= 0.3 is 0 Å². The first kappa shape index (κ1) is 14.8. The fourth-order valence-electron chi connectivity index (χ4n) is 1.73. The first-order chi connectivity index (χ1) is 8.04. The van der Waals surface area contributed by atoms with Crippen molar-refractivity contribution < 1.29 is 5.11 Å². The summed E-state index contributed by atoms with van der Waals surface area (Å²) in [7, 11) is 0. The van der Waals surface area contributed by atoms with E-state index in [4.69, 9.17) is 23.2 Å². The molecule has 0 fully saturated rings. The molecule has 0 amide bonds. The lowest BCUT2D eigenvalue weighted by Crippen LogP contribution is -2.30. The Morgan fingerprint density at radius 2 is 2.06 bits per heavy atom. The maximum atomic E-state index is 10.0. The summed E-state index contributed by atoms with van der Waals surface area (Å²) in [5.41, 5.74) is 0.676. The first-order valence-corrected chi connectivity index (χ1v) is 6.66. The average Bonchev–Trinajstić information content (AvgIpc) is 2.29. The van der Waals surface area contributed by atoms with Crippen LogP contribution in [0.25, 0.3) is 0 Å². The smallest absolute Gasteiger partial charge is 0.0929 e. The molecule has 0 saturated heterocycles. The minimum atomic E-state index is -0.625. The minimum absolute atomic E-state index is 0.396. The lowest BCUT2D eigenvalue weighted by atomic mass is 10.1. The van der Waals surface area contributed by atoms with Crippen molar-refractivity contribution in [3.05, 3.63) is 33.8 Å². The van der Waals surface area contributed by atoms with Crippen LogP contribution in [-0.2, 0) is 0 Å². The van der Waals surface area contributed by atoms with Crippen molar-refractivity contribution >= 4 is 23.2 Å². The van der Waals surface area contributed by atoms with E-state index in [0.717, 1.165) is 12.8 Å². The highest BCUT2D eigenvalue weighted by molar-refractivity contribution is 6.33. The fourth-order valence-corrected chi connectivity index (χ4v) is 2.15. The third kappa shape index (κ3) is 4.84. The predicted molar refractivity (Wildman–Crippen MR) is 73.8 cm³/mol. The summed E-state index contributed by atoms with van der Waals surface area (Å²) in [5, 5.41) is 14.5. The Labute approximate surface area is 113 Å². The first-order valence-electron chi connectivity index (χ1n) is 5.91. The topological polar surface area (TPSA) is 32.3 Å². The third-order valence-electron chi connectivity index (χ3n) is 2.70. The van der Waals surface area contributed by atoms with Crippen molar-refractivity contribution in [2.45, 2.75) is 38.8 Å². The largest absolute Gasteiger partial charge is 0.387 e. The molecule has 2 atom stereocenters. The van der Waals surface area contributed by atoms with Crippen LogP contribution in [0, 0.1) is 0 Å². The van der Waals surface area contributed by atoms with Gasteiger partial charge in [0.05, 0.1) is 6.10 Å². The SMILES string of the molecule is CCCC(C)NCC(O)c1cc(Cl)ccc1Cl. The van der Waals surface area contributed by atoms with E-state index in [-0.39, 0.29) is 0 Å². The molecule has 2 nitrogen and oxygen atoms in total. The normalized spacial score (nSPS) is 14.6. The molecule has 0 spiro atoms. The molecule has 1 aromatic carbocycles. The second kappa shape index (κ2) is 7.22. The summed E-state index contributed by atoms with van der Waals surface area (Å²) >= 11 is 11.9. The summed E-state index contributed by atoms with van der Waals surface area (Å²) in [6.45, 7) is 4.74. The molecular weight excluding hydrogens is 257 g/mol. The van der Waals surface area contributed by atoms with Crippen molar-refractivity contribution in [3.63, 3.8) is 0 Å². The van der Waals surface area contributed by atoms with E-state index in [1.165, 1.54) is 0 Å². The quantitative estimate of drug-likeness (QED) is 0.828. The maximum absolute atomic E-state index is 10.0. The van der Waals surface area contributed by atoms with Crippen LogP contribution in [0.4, 0.5) is 0 Å². The van der Waals surface area contributed by atoms with E-state index in [1.54, 1.807) is 18.2 Å². The molecule has 2 unspecified atom stereocenters. The Morgan fingerprint density at radius 3 is 2.71 bits per heavy atom. The highest BCUT2D eigenvalue weighted by Gasteiger charge is 2.13. The van der Waals surface area contributed by atoms with Crippen LogP contribution in [0.15, 0.2) is 18.2 Å². The van der Waals surface area contributed by atoms with Crippen molar-refractivity contribution in [2.24, 2.45) is 0 Å². The van der Waals surface area contributed by atoms with Crippen LogP contribution in [0.5, 0.6) is 0 Å². The Bertz CT molecular complexity index is 357. The highest BCUT2D eigenvalue weighted by Crippen LogP contribution is 2.26. The van der Waals surface area contributed by atoms with Crippen LogP contribution < -0.4 is 5.32 Å². The molecule has 96 valence electrons. The molecule has 1 rings (SSSR count). The van der Waals surface area contributed by atoms with Crippen molar-refractivity contribution in [1.29, 1.82) is 0 Å². The molecule has 0 radical (unpaired) electrons. The second-order valence-electron chi connectivity index (χ2n) is 4.28. The zero-order valence-electron chi connectivity index (χ0n) is 10.2. The van der Waals surface area contributed by atoms with E-state index in [0.29, 0.717) is 28.2 Å². The summed E-state index contributed by atoms with van der Waals surface area (Å²) in [5.74, 6) is 0. The van der Waals surface area contributed by atoms with E-state index in [2.05, 4.69) is 19.2 Å². The molecule has 0 heterocycles. The molecule has 0 bridgehead atoms. The van der Waals surface area contributed by atoms with Gasteiger partial charge in [0.25, 0.3) is 0 Å². The van der Waals surface area contributed by atoms with Gasteiger partial charge in [-0.25, -0.2) is 0 Å². The maximum Gasteiger partial charge on any atom is 0.0929 e. The Kier molecular flexibility index (Phi) is 6.28. The molecule has 0 aliphatic carbocycles. The van der Waals surface area contributed by atoms with E-state index >= 15 is 0 Å². The molecular formula is C13H19Cl2NO. The van der Waals surface area contributed by atoms with Gasteiger partial charge < -0.3 is 10.4 Å². The Hall–Kier alpha value is -0.280. The number of rotatable bonds is 6. The highest BCUT2D eigenvalue weighted by atomic mass is 35.5. The zero-order valence-corrected chi connectivity index (χ0v) is 11.7. The summed E-state index contributed by atoms with van der Waals surface area (Å²) in [6, 6.07) is 5.53. The number of hydrogen-bond donors (Lipinski definition) is 2. The van der Waals surface area contributed by atoms with Crippen LogP contribution in [0.2, 0.25) is 10.0 Å². The van der Waals surface area contributed by atoms with Gasteiger partial charge in [0, 0.05) is 28.2 Å². The number of benzene rings is 1. The zero-order chi connectivity index (χ0) is 12.8. The Balaban J connectivity index is 2.57. The van der Waals surface area contributed by atoms with Crippen molar-refractivity contribution in [2.75, 3.05) is 6.54 Å². The van der Waals surface area contributed by atoms with Gasteiger partial charge in [-0.05, 0) is 31.5 Å². The number of aliphatic hydroxyl groups excluding tert-OH is 1. The van der Waals surface area contributed by atoms with Gasteiger partial charge in [-0.1, -0.05) is 36.5 Å². The minimum Gasteiger partial charge on any atom is -0.387 e. The molecule has 4 heteroatoms. The summed E-state index contributed by atoms with van der Waals surface area (Å²) in [6.07, 6.45) is 1.60. The van der Waals surface area contributed by atoms with Gasteiger partial charge in [0.2, 0.25) is 0 Å². The molecule has 0 aliphatic rings. The predicted octanol–water partition coefficient (Wildman–Crippen LogP) is 3.81. The second-order valence-corrected chi connectivity index (χ2v) is 5.12. The van der Waals surface area contributed by atoms with Gasteiger partial charge in [0.15, 0.2) is 0 Å². The molecule has 1 aromatic rings. The van der Waals surface area contributed by atoms with E-state index in [9.17, 15) is 5.11 Å². The van der Waals surface area contributed by atoms with Crippen molar-refractivity contribution in [1.82, 2.24) is 5.32 Å². The van der Waals surface area contributed by atoms with Crippen LogP contribution >= 0.6 is 23.2 Å². The Morgan fingerprint density at radius 1 is 1.35 bits per heavy atom. The van der Waals surface area contributed by atoms with Crippen LogP contribution in [0.3, 0.4) is 0 Å². The molecule has 0 saturated carbocycles. The molecule has 0 aromatic heterocycles. The van der Waals surface area contributed by atoms with Crippen LogP contribution in [-0.4, -0.2) is 17.7 Å². The van der Waals surface area contributed by atoms with Gasteiger partial charge in [0.1, 0.15) is 0 Å². The standard InChI is InChI=1S/C13H19Cl2NO/c1-3-4-9(2)16-8-13(17)11-7-10(14)5-6-12(11)15/h5-7,9,13,16-17H,3-4,8H2,1-2H3. The lowest BCUT2D eigenvalue weighted by molar-refractivity contribution is 0.170. The number of hydrogen-bond acceptors (Lipinski definition) is 2. The number of nitrogens with one attached hydrogen (secondary N) is 1. The van der Waals surface area contributed by atoms with Gasteiger partial charge in [-0.3, -0.25) is 0 Å². The summed E-state index contributed by atoms with van der Waals surface area (Å²) < 4.78 is 0. The van der Waals surface area contributed by atoms with Crippen LogP contribution in [0.1, 0.15) is 38.4 Å². The third-order valence-corrected chi connectivity index (χ3v) is 3.28. The van der Waals surface area contributed by atoms with Gasteiger partial charge in [-0.15, -0.1) is 0 Å². The molecule has 2 N–H and O–H groups in total. The lowest BCUT2D eigenvalue weighted by Gasteiger charge is -2.17. The number of halogens is 2.